The molecule has 104 valence electrons. The lowest BCUT2D eigenvalue weighted by Crippen LogP contribution is -2.30. The average molecular weight is 261 g/mol. The average Bonchev–Trinajstić information content (AvgIpc) is 3.01. The summed E-state index contributed by atoms with van der Waals surface area (Å²) in [5, 5.41) is 3.37. The highest BCUT2D eigenvalue weighted by molar-refractivity contribution is 5.46. The van der Waals surface area contributed by atoms with Gasteiger partial charge >= 0.3 is 0 Å². The van der Waals surface area contributed by atoms with Crippen molar-refractivity contribution in [2.24, 2.45) is 5.92 Å². The molecule has 0 unspecified atom stereocenters. The number of hydrogen-bond donors (Lipinski definition) is 1. The first-order chi connectivity index (χ1) is 9.42. The van der Waals surface area contributed by atoms with Gasteiger partial charge in [-0.1, -0.05) is 0 Å². The van der Waals surface area contributed by atoms with Gasteiger partial charge in [0.05, 0.1) is 18.5 Å². The lowest BCUT2D eigenvalue weighted by atomic mass is 9.99. The minimum absolute atomic E-state index is 0.682. The molecule has 0 aliphatic carbocycles. The summed E-state index contributed by atoms with van der Waals surface area (Å²) >= 11 is 0. The van der Waals surface area contributed by atoms with Crippen LogP contribution in [0.2, 0.25) is 0 Å². The third kappa shape index (κ3) is 3.38. The highest BCUT2D eigenvalue weighted by Gasteiger charge is 2.15. The topological polar surface area (TPSA) is 37.4 Å². The quantitative estimate of drug-likeness (QED) is 0.900. The number of nitrogens with zero attached hydrogens (tertiary/aromatic N) is 2. The third-order valence-corrected chi connectivity index (χ3v) is 4.12. The van der Waals surface area contributed by atoms with Crippen LogP contribution in [0.3, 0.4) is 0 Å². The molecule has 2 fully saturated rings. The van der Waals surface area contributed by atoms with E-state index in [2.05, 4.69) is 21.3 Å². The van der Waals surface area contributed by atoms with Crippen LogP contribution in [0.15, 0.2) is 18.3 Å². The van der Waals surface area contributed by atoms with Gasteiger partial charge < -0.3 is 15.0 Å². The normalized spacial score (nSPS) is 20.7. The van der Waals surface area contributed by atoms with Gasteiger partial charge in [0.25, 0.3) is 0 Å². The number of anilines is 1. The van der Waals surface area contributed by atoms with Crippen LogP contribution in [0, 0.1) is 5.92 Å². The largest absolute Gasteiger partial charge is 0.477 e. The zero-order chi connectivity index (χ0) is 12.9. The Morgan fingerprint density at radius 2 is 2.00 bits per heavy atom. The lowest BCUT2D eigenvalue weighted by molar-refractivity contribution is 0.209. The second-order valence-corrected chi connectivity index (χ2v) is 5.55. The van der Waals surface area contributed by atoms with Gasteiger partial charge in [0.1, 0.15) is 0 Å². The lowest BCUT2D eigenvalue weighted by Gasteiger charge is -2.22. The summed E-state index contributed by atoms with van der Waals surface area (Å²) in [7, 11) is 0. The van der Waals surface area contributed by atoms with E-state index in [0.29, 0.717) is 5.92 Å². The van der Waals surface area contributed by atoms with E-state index >= 15 is 0 Å². The Morgan fingerprint density at radius 3 is 2.68 bits per heavy atom. The van der Waals surface area contributed by atoms with Gasteiger partial charge in [-0.15, -0.1) is 0 Å². The molecule has 3 rings (SSSR count). The summed E-state index contributed by atoms with van der Waals surface area (Å²) in [6, 6.07) is 4.14. The molecular formula is C15H23N3O. The first-order valence-electron chi connectivity index (χ1n) is 7.46. The molecule has 0 bridgehead atoms. The third-order valence-electron chi connectivity index (χ3n) is 4.12. The van der Waals surface area contributed by atoms with Crippen molar-refractivity contribution in [3.63, 3.8) is 0 Å². The fourth-order valence-corrected chi connectivity index (χ4v) is 2.87. The molecule has 0 radical (unpaired) electrons. The summed E-state index contributed by atoms with van der Waals surface area (Å²) in [6.07, 6.45) is 6.97. The molecule has 2 aliphatic rings. The number of hydrogen-bond acceptors (Lipinski definition) is 4. The summed E-state index contributed by atoms with van der Waals surface area (Å²) in [5.74, 6) is 1.45. The van der Waals surface area contributed by atoms with Crippen molar-refractivity contribution in [2.75, 3.05) is 37.7 Å². The molecule has 1 N–H and O–H groups in total. The molecule has 0 aromatic carbocycles. The van der Waals surface area contributed by atoms with Gasteiger partial charge in [-0.05, 0) is 50.8 Å². The fraction of sp³-hybridized carbons (Fsp3) is 0.667. The molecule has 1 aromatic rings. The molecule has 19 heavy (non-hydrogen) atoms. The van der Waals surface area contributed by atoms with Crippen molar-refractivity contribution in [3.8, 4) is 5.88 Å². The van der Waals surface area contributed by atoms with Crippen molar-refractivity contribution in [1.82, 2.24) is 10.3 Å². The molecule has 1 aromatic heterocycles. The van der Waals surface area contributed by atoms with Crippen molar-refractivity contribution in [1.29, 1.82) is 0 Å². The van der Waals surface area contributed by atoms with Crippen LogP contribution in [0.25, 0.3) is 0 Å². The van der Waals surface area contributed by atoms with Gasteiger partial charge in [-0.25, -0.2) is 4.98 Å². The Bertz CT molecular complexity index is 381. The maximum Gasteiger partial charge on any atom is 0.213 e. The zero-order valence-electron chi connectivity index (χ0n) is 11.5. The molecule has 2 saturated heterocycles. The maximum absolute atomic E-state index is 5.81. The first kappa shape index (κ1) is 12.7. The standard InChI is InChI=1S/C15H23N3O/c1-2-10-18(9-1)14-3-4-15(17-11-14)19-12-13-5-7-16-8-6-13/h3-4,11,13,16H,1-2,5-10,12H2. The van der Waals surface area contributed by atoms with E-state index < -0.39 is 0 Å². The molecular weight excluding hydrogens is 238 g/mol. The van der Waals surface area contributed by atoms with Crippen LogP contribution in [0.4, 0.5) is 5.69 Å². The minimum Gasteiger partial charge on any atom is -0.477 e. The van der Waals surface area contributed by atoms with Crippen LogP contribution < -0.4 is 15.0 Å². The van der Waals surface area contributed by atoms with Crippen molar-refractivity contribution < 1.29 is 4.74 Å². The van der Waals surface area contributed by atoms with Crippen LogP contribution in [0.5, 0.6) is 5.88 Å². The van der Waals surface area contributed by atoms with E-state index in [1.54, 1.807) is 0 Å². The van der Waals surface area contributed by atoms with E-state index in [1.807, 2.05) is 12.3 Å². The molecule has 3 heterocycles. The monoisotopic (exact) mass is 261 g/mol. The van der Waals surface area contributed by atoms with Crippen molar-refractivity contribution in [2.45, 2.75) is 25.7 Å². The summed E-state index contributed by atoms with van der Waals surface area (Å²) in [5.41, 5.74) is 1.23. The van der Waals surface area contributed by atoms with Crippen LogP contribution in [-0.4, -0.2) is 37.8 Å². The van der Waals surface area contributed by atoms with Crippen molar-refractivity contribution >= 4 is 5.69 Å². The van der Waals surface area contributed by atoms with E-state index in [4.69, 9.17) is 4.74 Å². The van der Waals surface area contributed by atoms with Gasteiger partial charge in [-0.3, -0.25) is 0 Å². The van der Waals surface area contributed by atoms with Crippen LogP contribution in [0.1, 0.15) is 25.7 Å². The first-order valence-corrected chi connectivity index (χ1v) is 7.46. The summed E-state index contributed by atoms with van der Waals surface area (Å²) < 4.78 is 5.81. The molecule has 4 nitrogen and oxygen atoms in total. The Balaban J connectivity index is 1.50. The summed E-state index contributed by atoms with van der Waals surface area (Å²) in [6.45, 7) is 5.37. The Morgan fingerprint density at radius 1 is 1.21 bits per heavy atom. The Hall–Kier alpha value is -1.29. The number of piperidine rings is 1. The van der Waals surface area contributed by atoms with Gasteiger partial charge in [0.15, 0.2) is 0 Å². The molecule has 4 heteroatoms. The Labute approximate surface area is 115 Å². The predicted molar refractivity (Wildman–Crippen MR) is 76.8 cm³/mol. The van der Waals surface area contributed by atoms with E-state index in [-0.39, 0.29) is 0 Å². The van der Waals surface area contributed by atoms with Crippen LogP contribution >= 0.6 is 0 Å². The maximum atomic E-state index is 5.81. The van der Waals surface area contributed by atoms with Crippen molar-refractivity contribution in [3.05, 3.63) is 18.3 Å². The smallest absolute Gasteiger partial charge is 0.213 e. The van der Waals surface area contributed by atoms with Crippen LogP contribution in [-0.2, 0) is 0 Å². The highest BCUT2D eigenvalue weighted by atomic mass is 16.5. The number of pyridine rings is 1. The SMILES string of the molecule is c1cc(OCC2CCNCC2)ncc1N1CCCC1. The van der Waals surface area contributed by atoms with Gasteiger partial charge in [-0.2, -0.15) is 0 Å². The highest BCUT2D eigenvalue weighted by Crippen LogP contribution is 2.21. The van der Waals surface area contributed by atoms with E-state index in [0.717, 1.165) is 38.7 Å². The number of ether oxygens (including phenoxy) is 1. The molecule has 0 amide bonds. The summed E-state index contributed by atoms with van der Waals surface area (Å²) in [4.78, 5) is 6.82. The van der Waals surface area contributed by atoms with E-state index in [1.165, 1.54) is 31.4 Å². The predicted octanol–water partition coefficient (Wildman–Crippen LogP) is 2.06. The zero-order valence-corrected chi connectivity index (χ0v) is 11.5. The molecule has 2 aliphatic heterocycles. The van der Waals surface area contributed by atoms with E-state index in [9.17, 15) is 0 Å². The van der Waals surface area contributed by atoms with Gasteiger partial charge in [0.2, 0.25) is 5.88 Å². The number of aromatic nitrogens is 1. The fourth-order valence-electron chi connectivity index (χ4n) is 2.87. The minimum atomic E-state index is 0.682. The molecule has 0 spiro atoms. The number of rotatable bonds is 4. The Kier molecular flexibility index (Phi) is 4.18. The second kappa shape index (κ2) is 6.24. The number of nitrogens with one attached hydrogen (secondary N) is 1. The molecule has 0 atom stereocenters. The molecule has 0 saturated carbocycles. The second-order valence-electron chi connectivity index (χ2n) is 5.55. The van der Waals surface area contributed by atoms with Gasteiger partial charge in [0, 0.05) is 19.2 Å².